The molecule has 3 unspecified atom stereocenters. The van der Waals surface area contributed by atoms with Crippen molar-refractivity contribution in [1.82, 2.24) is 10.2 Å². The van der Waals surface area contributed by atoms with Crippen molar-refractivity contribution in [1.29, 1.82) is 5.26 Å². The second-order valence-electron chi connectivity index (χ2n) is 6.17. The van der Waals surface area contributed by atoms with Crippen LogP contribution in [0.1, 0.15) is 38.5 Å². The lowest BCUT2D eigenvalue weighted by molar-refractivity contribution is 0.0822. The number of piperidine rings is 1. The molecule has 3 saturated heterocycles. The van der Waals surface area contributed by atoms with E-state index in [2.05, 4.69) is 23.3 Å². The highest BCUT2D eigenvalue weighted by molar-refractivity contribution is 5.16. The Hall–Kier alpha value is -0.630. The maximum absolute atomic E-state index is 9.59. The molecule has 3 aliphatic rings. The summed E-state index contributed by atoms with van der Waals surface area (Å²) < 4.78 is 5.64. The van der Waals surface area contributed by atoms with Crippen LogP contribution >= 0.6 is 0 Å². The number of nitrogens with one attached hydrogen (secondary N) is 1. The van der Waals surface area contributed by atoms with Crippen LogP contribution in [0, 0.1) is 11.3 Å². The van der Waals surface area contributed by atoms with Gasteiger partial charge in [0.1, 0.15) is 5.54 Å². The fourth-order valence-electron chi connectivity index (χ4n) is 3.86. The third kappa shape index (κ3) is 2.16. The van der Waals surface area contributed by atoms with Gasteiger partial charge in [-0.15, -0.1) is 0 Å². The van der Waals surface area contributed by atoms with Crippen LogP contribution in [0.25, 0.3) is 0 Å². The lowest BCUT2D eigenvalue weighted by atomic mass is 9.84. The Labute approximate surface area is 109 Å². The highest BCUT2D eigenvalue weighted by Gasteiger charge is 2.47. The number of nitrogens with zero attached hydrogens (tertiary/aromatic N) is 2. The quantitative estimate of drug-likeness (QED) is 0.818. The van der Waals surface area contributed by atoms with Gasteiger partial charge in [-0.2, -0.15) is 5.26 Å². The zero-order chi connectivity index (χ0) is 12.6. The van der Waals surface area contributed by atoms with Crippen LogP contribution < -0.4 is 5.32 Å². The van der Waals surface area contributed by atoms with Gasteiger partial charge in [-0.05, 0) is 45.6 Å². The first kappa shape index (κ1) is 12.4. The summed E-state index contributed by atoms with van der Waals surface area (Å²) in [5.41, 5.74) is -0.301. The van der Waals surface area contributed by atoms with Gasteiger partial charge in [0.15, 0.2) is 0 Å². The molecule has 0 aliphatic carbocycles. The minimum absolute atomic E-state index is 0.301. The molecule has 3 fully saturated rings. The molecule has 1 N–H and O–H groups in total. The Bertz CT molecular complexity index is 331. The van der Waals surface area contributed by atoms with Gasteiger partial charge in [0.2, 0.25) is 0 Å². The molecule has 3 atom stereocenters. The van der Waals surface area contributed by atoms with Gasteiger partial charge in [-0.3, -0.25) is 5.32 Å². The molecule has 4 nitrogen and oxygen atoms in total. The number of hydrogen-bond acceptors (Lipinski definition) is 4. The van der Waals surface area contributed by atoms with E-state index < -0.39 is 0 Å². The lowest BCUT2D eigenvalue weighted by Crippen LogP contribution is -2.57. The van der Waals surface area contributed by atoms with E-state index in [9.17, 15) is 5.26 Å². The largest absolute Gasteiger partial charge is 0.377 e. The number of ether oxygens (including phenoxy) is 1. The SMILES string of the molecule is CN1C2CCC1CC(C#N)(NCC1CCCO1)C2. The van der Waals surface area contributed by atoms with E-state index in [-0.39, 0.29) is 5.54 Å². The van der Waals surface area contributed by atoms with Crippen LogP contribution in [0.4, 0.5) is 0 Å². The highest BCUT2D eigenvalue weighted by atomic mass is 16.5. The Morgan fingerprint density at radius 1 is 1.33 bits per heavy atom. The van der Waals surface area contributed by atoms with Crippen molar-refractivity contribution in [2.24, 2.45) is 0 Å². The summed E-state index contributed by atoms with van der Waals surface area (Å²) in [7, 11) is 2.21. The summed E-state index contributed by atoms with van der Waals surface area (Å²) >= 11 is 0. The Morgan fingerprint density at radius 3 is 2.61 bits per heavy atom. The van der Waals surface area contributed by atoms with E-state index in [1.807, 2.05) is 0 Å². The van der Waals surface area contributed by atoms with E-state index in [4.69, 9.17) is 4.74 Å². The van der Waals surface area contributed by atoms with E-state index >= 15 is 0 Å². The average molecular weight is 249 g/mol. The first-order chi connectivity index (χ1) is 8.72. The van der Waals surface area contributed by atoms with Gasteiger partial charge >= 0.3 is 0 Å². The van der Waals surface area contributed by atoms with E-state index in [1.54, 1.807) is 0 Å². The van der Waals surface area contributed by atoms with Gasteiger partial charge < -0.3 is 9.64 Å². The molecular weight excluding hydrogens is 226 g/mol. The number of hydrogen-bond donors (Lipinski definition) is 1. The van der Waals surface area contributed by atoms with Crippen molar-refractivity contribution in [2.75, 3.05) is 20.2 Å². The monoisotopic (exact) mass is 249 g/mol. The minimum atomic E-state index is -0.301. The summed E-state index contributed by atoms with van der Waals surface area (Å²) in [6.45, 7) is 1.73. The molecule has 3 aliphatic heterocycles. The molecule has 100 valence electrons. The summed E-state index contributed by atoms with van der Waals surface area (Å²) in [5.74, 6) is 0. The second kappa shape index (κ2) is 4.80. The molecular formula is C14H23N3O. The van der Waals surface area contributed by atoms with Crippen LogP contribution in [0.5, 0.6) is 0 Å². The van der Waals surface area contributed by atoms with Gasteiger partial charge in [0.05, 0.1) is 12.2 Å². The Kier molecular flexibility index (Phi) is 3.31. The molecule has 0 aromatic carbocycles. The summed E-state index contributed by atoms with van der Waals surface area (Å²) in [5, 5.41) is 13.1. The molecule has 0 saturated carbocycles. The maximum Gasteiger partial charge on any atom is 0.109 e. The van der Waals surface area contributed by atoms with Gasteiger partial charge in [0.25, 0.3) is 0 Å². The molecule has 3 rings (SSSR count). The standard InChI is InChI=1S/C14H23N3O/c1-17-11-4-5-12(17)8-14(7-11,10-15)16-9-13-3-2-6-18-13/h11-13,16H,2-9H2,1H3. The molecule has 0 amide bonds. The predicted octanol–water partition coefficient (Wildman–Crippen LogP) is 1.27. The van der Waals surface area contributed by atoms with Gasteiger partial charge in [-0.25, -0.2) is 0 Å². The van der Waals surface area contributed by atoms with E-state index in [0.29, 0.717) is 18.2 Å². The van der Waals surface area contributed by atoms with Crippen LogP contribution in [0.2, 0.25) is 0 Å². The molecule has 0 aromatic heterocycles. The smallest absolute Gasteiger partial charge is 0.109 e. The fraction of sp³-hybridized carbons (Fsp3) is 0.929. The predicted molar refractivity (Wildman–Crippen MR) is 69.1 cm³/mol. The topological polar surface area (TPSA) is 48.3 Å². The van der Waals surface area contributed by atoms with Gasteiger partial charge in [0, 0.05) is 25.2 Å². The average Bonchev–Trinajstić information content (AvgIpc) is 2.96. The molecule has 3 heterocycles. The van der Waals surface area contributed by atoms with Crippen LogP contribution in [0.3, 0.4) is 0 Å². The molecule has 0 aromatic rings. The van der Waals surface area contributed by atoms with Gasteiger partial charge in [-0.1, -0.05) is 0 Å². The summed E-state index contributed by atoms with van der Waals surface area (Å²) in [6.07, 6.45) is 7.10. The second-order valence-corrected chi connectivity index (χ2v) is 6.17. The highest BCUT2D eigenvalue weighted by Crippen LogP contribution is 2.39. The maximum atomic E-state index is 9.59. The van der Waals surface area contributed by atoms with Crippen molar-refractivity contribution in [3.8, 4) is 6.07 Å². The van der Waals surface area contributed by atoms with E-state index in [0.717, 1.165) is 32.4 Å². The lowest BCUT2D eigenvalue weighted by Gasteiger charge is -2.42. The molecule has 0 radical (unpaired) electrons. The van der Waals surface area contributed by atoms with Crippen LogP contribution in [0.15, 0.2) is 0 Å². The van der Waals surface area contributed by atoms with Crippen LogP contribution in [-0.4, -0.2) is 48.8 Å². The number of rotatable bonds is 3. The molecule has 4 heteroatoms. The third-order valence-electron chi connectivity index (χ3n) is 5.06. The number of nitriles is 1. The van der Waals surface area contributed by atoms with E-state index in [1.165, 1.54) is 19.3 Å². The normalized spacial score (nSPS) is 44.1. The van der Waals surface area contributed by atoms with Crippen LogP contribution in [-0.2, 0) is 4.74 Å². The van der Waals surface area contributed by atoms with Crippen molar-refractivity contribution in [3.63, 3.8) is 0 Å². The first-order valence-corrected chi connectivity index (χ1v) is 7.22. The number of fused-ring (bicyclic) bond motifs is 2. The zero-order valence-electron chi connectivity index (χ0n) is 11.2. The third-order valence-corrected chi connectivity index (χ3v) is 5.06. The van der Waals surface area contributed by atoms with Crippen molar-refractivity contribution < 1.29 is 4.74 Å². The molecule has 2 bridgehead atoms. The fourth-order valence-corrected chi connectivity index (χ4v) is 3.86. The Balaban J connectivity index is 1.62. The molecule has 18 heavy (non-hydrogen) atoms. The Morgan fingerprint density at radius 2 is 2.06 bits per heavy atom. The first-order valence-electron chi connectivity index (χ1n) is 7.22. The van der Waals surface area contributed by atoms with Crippen molar-refractivity contribution >= 4 is 0 Å². The summed E-state index contributed by atoms with van der Waals surface area (Å²) in [6, 6.07) is 3.76. The minimum Gasteiger partial charge on any atom is -0.377 e. The summed E-state index contributed by atoms with van der Waals surface area (Å²) in [4.78, 5) is 2.48. The zero-order valence-corrected chi connectivity index (χ0v) is 11.2. The van der Waals surface area contributed by atoms with Crippen molar-refractivity contribution in [2.45, 2.75) is 62.3 Å². The van der Waals surface area contributed by atoms with Crippen molar-refractivity contribution in [3.05, 3.63) is 0 Å². The molecule has 0 spiro atoms.